The second kappa shape index (κ2) is 7.56. The monoisotopic (exact) mass is 297 g/mol. The number of rotatable bonds is 5. The van der Waals surface area contributed by atoms with Gasteiger partial charge in [-0.1, -0.05) is 30.2 Å². The molecule has 3 unspecified atom stereocenters. The zero-order valence-electron chi connectivity index (χ0n) is 11.9. The van der Waals surface area contributed by atoms with Gasteiger partial charge in [-0.25, -0.2) is 0 Å². The maximum absolute atomic E-state index is 5.92. The molecule has 2 rings (SSSR count). The van der Waals surface area contributed by atoms with Crippen molar-refractivity contribution < 1.29 is 0 Å². The third-order valence-electron chi connectivity index (χ3n) is 3.93. The molecule has 19 heavy (non-hydrogen) atoms. The van der Waals surface area contributed by atoms with E-state index in [1.54, 1.807) is 0 Å². The molecule has 1 aliphatic carbocycles. The van der Waals surface area contributed by atoms with Gasteiger partial charge in [0.2, 0.25) is 0 Å². The Balaban J connectivity index is 1.80. The Morgan fingerprint density at radius 1 is 1.32 bits per heavy atom. The molecule has 3 heteroatoms. The first kappa shape index (κ1) is 15.2. The Labute approximate surface area is 126 Å². The molecular formula is C16H24ClNS. The second-order valence-electron chi connectivity index (χ2n) is 5.62. The molecule has 0 amide bonds. The van der Waals surface area contributed by atoms with Crippen LogP contribution in [0.3, 0.4) is 0 Å². The highest BCUT2D eigenvalue weighted by molar-refractivity contribution is 7.99. The van der Waals surface area contributed by atoms with Crippen molar-refractivity contribution in [1.82, 2.24) is 5.32 Å². The van der Waals surface area contributed by atoms with Crippen LogP contribution in [0.25, 0.3) is 0 Å². The zero-order chi connectivity index (χ0) is 13.7. The SMILES string of the molecule is CSC1CCCC(NC(C)Cc2ccc(Cl)cc2)C1. The second-order valence-corrected chi connectivity index (χ2v) is 7.19. The molecule has 0 aromatic heterocycles. The van der Waals surface area contributed by atoms with Crippen molar-refractivity contribution in [2.75, 3.05) is 6.26 Å². The average molecular weight is 298 g/mol. The molecule has 1 saturated carbocycles. The Hall–Kier alpha value is -0.180. The van der Waals surface area contributed by atoms with E-state index in [4.69, 9.17) is 11.6 Å². The van der Waals surface area contributed by atoms with E-state index in [0.29, 0.717) is 12.1 Å². The van der Waals surface area contributed by atoms with Gasteiger partial charge in [0.05, 0.1) is 0 Å². The molecule has 0 radical (unpaired) electrons. The van der Waals surface area contributed by atoms with Crippen LogP contribution in [0.5, 0.6) is 0 Å². The lowest BCUT2D eigenvalue weighted by Crippen LogP contribution is -2.41. The van der Waals surface area contributed by atoms with Gasteiger partial charge in [-0.2, -0.15) is 11.8 Å². The van der Waals surface area contributed by atoms with Crippen LogP contribution in [-0.2, 0) is 6.42 Å². The topological polar surface area (TPSA) is 12.0 Å². The summed E-state index contributed by atoms with van der Waals surface area (Å²) in [5, 5.41) is 5.47. The molecule has 1 aromatic rings. The number of hydrogen-bond acceptors (Lipinski definition) is 2. The number of nitrogens with one attached hydrogen (secondary N) is 1. The Morgan fingerprint density at radius 3 is 2.74 bits per heavy atom. The molecule has 3 atom stereocenters. The molecule has 106 valence electrons. The highest BCUT2D eigenvalue weighted by Gasteiger charge is 2.22. The smallest absolute Gasteiger partial charge is 0.0406 e. The van der Waals surface area contributed by atoms with Gasteiger partial charge in [0.15, 0.2) is 0 Å². The van der Waals surface area contributed by atoms with Gasteiger partial charge in [0.1, 0.15) is 0 Å². The molecule has 1 N–H and O–H groups in total. The van der Waals surface area contributed by atoms with Crippen LogP contribution in [0.15, 0.2) is 24.3 Å². The number of thioether (sulfide) groups is 1. The van der Waals surface area contributed by atoms with Gasteiger partial charge in [0.25, 0.3) is 0 Å². The largest absolute Gasteiger partial charge is 0.311 e. The predicted octanol–water partition coefficient (Wildman–Crippen LogP) is 4.53. The van der Waals surface area contributed by atoms with Gasteiger partial charge in [-0.3, -0.25) is 0 Å². The van der Waals surface area contributed by atoms with Gasteiger partial charge in [-0.05, 0) is 56.6 Å². The van der Waals surface area contributed by atoms with Crippen molar-refractivity contribution in [2.24, 2.45) is 0 Å². The van der Waals surface area contributed by atoms with Crippen molar-refractivity contribution in [1.29, 1.82) is 0 Å². The van der Waals surface area contributed by atoms with E-state index in [1.807, 2.05) is 23.9 Å². The van der Waals surface area contributed by atoms with Gasteiger partial charge in [-0.15, -0.1) is 0 Å². The quantitative estimate of drug-likeness (QED) is 0.856. The molecule has 0 heterocycles. The van der Waals surface area contributed by atoms with Crippen LogP contribution in [0.2, 0.25) is 5.02 Å². The highest BCUT2D eigenvalue weighted by atomic mass is 35.5. The fraction of sp³-hybridized carbons (Fsp3) is 0.625. The third-order valence-corrected chi connectivity index (χ3v) is 5.28. The van der Waals surface area contributed by atoms with E-state index >= 15 is 0 Å². The summed E-state index contributed by atoms with van der Waals surface area (Å²) in [5.41, 5.74) is 1.36. The number of halogens is 1. The molecule has 1 nitrogen and oxygen atoms in total. The first-order chi connectivity index (χ1) is 9.17. The number of hydrogen-bond donors (Lipinski definition) is 1. The van der Waals surface area contributed by atoms with E-state index < -0.39 is 0 Å². The van der Waals surface area contributed by atoms with Gasteiger partial charge >= 0.3 is 0 Å². The summed E-state index contributed by atoms with van der Waals surface area (Å²) < 4.78 is 0. The molecule has 1 aliphatic rings. The molecule has 0 bridgehead atoms. The summed E-state index contributed by atoms with van der Waals surface area (Å²) in [7, 11) is 0. The van der Waals surface area contributed by atoms with Gasteiger partial charge in [0, 0.05) is 22.4 Å². The van der Waals surface area contributed by atoms with Crippen LogP contribution in [0.1, 0.15) is 38.2 Å². The molecule has 0 spiro atoms. The minimum atomic E-state index is 0.534. The molecule has 0 saturated heterocycles. The van der Waals surface area contributed by atoms with Crippen LogP contribution >= 0.6 is 23.4 Å². The highest BCUT2D eigenvalue weighted by Crippen LogP contribution is 2.27. The Bertz CT molecular complexity index is 379. The van der Waals surface area contributed by atoms with Crippen molar-refractivity contribution in [2.45, 2.75) is 56.4 Å². The van der Waals surface area contributed by atoms with Crippen LogP contribution < -0.4 is 5.32 Å². The molecule has 0 aliphatic heterocycles. The minimum absolute atomic E-state index is 0.534. The van der Waals surface area contributed by atoms with E-state index in [-0.39, 0.29) is 0 Å². The fourth-order valence-electron chi connectivity index (χ4n) is 2.95. The van der Waals surface area contributed by atoms with E-state index in [1.165, 1.54) is 31.2 Å². The molecule has 1 fully saturated rings. The first-order valence-electron chi connectivity index (χ1n) is 7.20. The maximum Gasteiger partial charge on any atom is 0.0406 e. The van der Waals surface area contributed by atoms with Crippen LogP contribution in [0.4, 0.5) is 0 Å². The summed E-state index contributed by atoms with van der Waals surface area (Å²) in [5.74, 6) is 0. The van der Waals surface area contributed by atoms with Crippen LogP contribution in [-0.4, -0.2) is 23.6 Å². The van der Waals surface area contributed by atoms with E-state index in [2.05, 4.69) is 30.6 Å². The predicted molar refractivity (Wildman–Crippen MR) is 87.3 cm³/mol. The lowest BCUT2D eigenvalue weighted by Gasteiger charge is -2.31. The molecule has 1 aromatic carbocycles. The van der Waals surface area contributed by atoms with Crippen molar-refractivity contribution in [3.63, 3.8) is 0 Å². The summed E-state index contributed by atoms with van der Waals surface area (Å²) in [6, 6.07) is 9.46. The Kier molecular flexibility index (Phi) is 6.06. The van der Waals surface area contributed by atoms with E-state index in [9.17, 15) is 0 Å². The number of benzene rings is 1. The molecular weight excluding hydrogens is 274 g/mol. The maximum atomic E-state index is 5.92. The minimum Gasteiger partial charge on any atom is -0.311 e. The Morgan fingerprint density at radius 2 is 2.05 bits per heavy atom. The summed E-state index contributed by atoms with van der Waals surface area (Å²) >= 11 is 7.95. The summed E-state index contributed by atoms with van der Waals surface area (Å²) in [6.07, 6.45) is 8.75. The van der Waals surface area contributed by atoms with Crippen molar-refractivity contribution >= 4 is 23.4 Å². The van der Waals surface area contributed by atoms with E-state index in [0.717, 1.165) is 16.7 Å². The lowest BCUT2D eigenvalue weighted by atomic mass is 9.94. The zero-order valence-corrected chi connectivity index (χ0v) is 13.4. The normalized spacial score (nSPS) is 25.2. The van der Waals surface area contributed by atoms with Crippen molar-refractivity contribution in [3.8, 4) is 0 Å². The van der Waals surface area contributed by atoms with Crippen molar-refractivity contribution in [3.05, 3.63) is 34.9 Å². The average Bonchev–Trinajstić information content (AvgIpc) is 2.41. The van der Waals surface area contributed by atoms with Crippen LogP contribution in [0, 0.1) is 0 Å². The summed E-state index contributed by atoms with van der Waals surface area (Å²) in [6.45, 7) is 2.29. The summed E-state index contributed by atoms with van der Waals surface area (Å²) in [4.78, 5) is 0. The fourth-order valence-corrected chi connectivity index (χ4v) is 3.90. The first-order valence-corrected chi connectivity index (χ1v) is 8.87. The lowest BCUT2D eigenvalue weighted by molar-refractivity contribution is 0.349. The standard InChI is InChI=1S/C16H24ClNS/c1-12(10-13-6-8-14(17)9-7-13)18-15-4-3-5-16(11-15)19-2/h6-9,12,15-16,18H,3-5,10-11H2,1-2H3. The van der Waals surface area contributed by atoms with Gasteiger partial charge < -0.3 is 5.32 Å². The third kappa shape index (κ3) is 5.02.